The van der Waals surface area contributed by atoms with Crippen LogP contribution in [-0.4, -0.2) is 37.6 Å². The molecule has 5 heteroatoms. The van der Waals surface area contributed by atoms with E-state index >= 15 is 0 Å². The minimum Gasteiger partial charge on any atom is -0.376 e. The number of anilines is 1. The third-order valence-corrected chi connectivity index (χ3v) is 5.16. The van der Waals surface area contributed by atoms with E-state index in [4.69, 9.17) is 4.74 Å². The molecule has 2 aliphatic rings. The maximum absolute atomic E-state index is 12.3. The van der Waals surface area contributed by atoms with Crippen molar-refractivity contribution in [3.05, 3.63) is 29.3 Å². The van der Waals surface area contributed by atoms with Gasteiger partial charge in [0.1, 0.15) is 0 Å². The molecule has 1 aromatic carbocycles. The van der Waals surface area contributed by atoms with E-state index in [0.717, 1.165) is 30.5 Å². The second-order valence-corrected chi connectivity index (χ2v) is 7.00. The number of nitrogens with zero attached hydrogens (tertiary/aromatic N) is 1. The molecular weight excluding hydrogens is 316 g/mol. The van der Waals surface area contributed by atoms with Crippen molar-refractivity contribution in [3.8, 4) is 0 Å². The Morgan fingerprint density at radius 2 is 1.96 bits per heavy atom. The van der Waals surface area contributed by atoms with Crippen molar-refractivity contribution >= 4 is 17.5 Å². The fourth-order valence-electron chi connectivity index (χ4n) is 3.77. The Labute approximate surface area is 149 Å². The molecule has 2 amide bonds. The van der Waals surface area contributed by atoms with Crippen LogP contribution in [0.3, 0.4) is 0 Å². The lowest BCUT2D eigenvalue weighted by Crippen LogP contribution is -2.29. The second-order valence-electron chi connectivity index (χ2n) is 7.00. The summed E-state index contributed by atoms with van der Waals surface area (Å²) in [7, 11) is 0. The zero-order chi connectivity index (χ0) is 17.6. The van der Waals surface area contributed by atoms with Crippen LogP contribution in [0.25, 0.3) is 0 Å². The Morgan fingerprint density at radius 3 is 2.68 bits per heavy atom. The van der Waals surface area contributed by atoms with Gasteiger partial charge in [0.05, 0.1) is 12.7 Å². The average molecular weight is 344 g/mol. The summed E-state index contributed by atoms with van der Waals surface area (Å²) < 4.78 is 5.90. The van der Waals surface area contributed by atoms with Gasteiger partial charge in [-0.1, -0.05) is 25.7 Å². The molecule has 1 aliphatic carbocycles. The summed E-state index contributed by atoms with van der Waals surface area (Å²) >= 11 is 0. The highest BCUT2D eigenvalue weighted by Crippen LogP contribution is 2.28. The quantitative estimate of drug-likeness (QED) is 0.660. The van der Waals surface area contributed by atoms with Crippen LogP contribution < -0.4 is 10.2 Å². The van der Waals surface area contributed by atoms with Crippen molar-refractivity contribution in [2.75, 3.05) is 24.6 Å². The molecule has 1 N–H and O–H groups in total. The van der Waals surface area contributed by atoms with Crippen LogP contribution in [0.1, 0.15) is 61.4 Å². The minimum atomic E-state index is -0.0754. The van der Waals surface area contributed by atoms with Gasteiger partial charge in [-0.25, -0.2) is 0 Å². The molecule has 0 radical (unpaired) electrons. The molecule has 0 bridgehead atoms. The number of ether oxygens (including phenoxy) is 1. The van der Waals surface area contributed by atoms with Crippen LogP contribution in [0.2, 0.25) is 0 Å². The average Bonchev–Trinajstić information content (AvgIpc) is 2.86. The number of hydrogen-bond acceptors (Lipinski definition) is 3. The molecule has 5 nitrogen and oxygen atoms in total. The second kappa shape index (κ2) is 8.48. The van der Waals surface area contributed by atoms with E-state index in [0.29, 0.717) is 31.4 Å². The normalized spacial score (nSPS) is 17.9. The van der Waals surface area contributed by atoms with Crippen molar-refractivity contribution < 1.29 is 14.3 Å². The SMILES string of the molecule is CC(=O)N1CCc2cc(C(=O)NCCOC3CCCCCC3)ccc21. The Hall–Kier alpha value is -1.88. The van der Waals surface area contributed by atoms with Gasteiger partial charge in [0, 0.05) is 31.3 Å². The molecule has 0 saturated heterocycles. The maximum atomic E-state index is 12.3. The summed E-state index contributed by atoms with van der Waals surface area (Å²) in [6.45, 7) is 3.38. The molecule has 1 fully saturated rings. The lowest BCUT2D eigenvalue weighted by Gasteiger charge is -2.16. The van der Waals surface area contributed by atoms with Crippen molar-refractivity contribution in [2.45, 2.75) is 58.0 Å². The molecule has 1 heterocycles. The fraction of sp³-hybridized carbons (Fsp3) is 0.600. The lowest BCUT2D eigenvalue weighted by atomic mass is 10.1. The number of benzene rings is 1. The molecule has 1 aliphatic heterocycles. The van der Waals surface area contributed by atoms with Gasteiger partial charge in [0.2, 0.25) is 5.91 Å². The predicted octanol–water partition coefficient (Wildman–Crippen LogP) is 3.06. The van der Waals surface area contributed by atoms with Gasteiger partial charge in [-0.2, -0.15) is 0 Å². The molecular formula is C20H28N2O3. The number of nitrogens with one attached hydrogen (secondary N) is 1. The maximum Gasteiger partial charge on any atom is 0.251 e. The number of hydrogen-bond donors (Lipinski definition) is 1. The van der Waals surface area contributed by atoms with Crippen LogP contribution in [0.4, 0.5) is 5.69 Å². The molecule has 0 spiro atoms. The zero-order valence-corrected chi connectivity index (χ0v) is 15.1. The lowest BCUT2D eigenvalue weighted by molar-refractivity contribution is -0.116. The number of carbonyl (C=O) groups is 2. The summed E-state index contributed by atoms with van der Waals surface area (Å²) in [5.41, 5.74) is 2.65. The Balaban J connectivity index is 1.46. The first kappa shape index (κ1) is 17.9. The van der Waals surface area contributed by atoms with E-state index in [1.165, 1.54) is 25.7 Å². The summed E-state index contributed by atoms with van der Waals surface area (Å²) in [5, 5.41) is 2.93. The molecule has 1 saturated carbocycles. The smallest absolute Gasteiger partial charge is 0.251 e. The molecule has 0 atom stereocenters. The first-order valence-electron chi connectivity index (χ1n) is 9.46. The number of fused-ring (bicyclic) bond motifs is 1. The molecule has 0 aromatic heterocycles. The largest absolute Gasteiger partial charge is 0.376 e. The standard InChI is InChI=1S/C20H28N2O3/c1-15(23)22-12-10-16-14-17(8-9-19(16)22)20(24)21-11-13-25-18-6-4-2-3-5-7-18/h8-9,14,18H,2-7,10-13H2,1H3,(H,21,24). The van der Waals surface area contributed by atoms with Gasteiger partial charge in [-0.05, 0) is 43.0 Å². The van der Waals surface area contributed by atoms with Crippen molar-refractivity contribution in [1.29, 1.82) is 0 Å². The van der Waals surface area contributed by atoms with E-state index in [1.807, 2.05) is 12.1 Å². The van der Waals surface area contributed by atoms with E-state index in [2.05, 4.69) is 5.32 Å². The molecule has 0 unspecified atom stereocenters. The summed E-state index contributed by atoms with van der Waals surface area (Å²) in [6, 6.07) is 5.57. The molecule has 136 valence electrons. The third kappa shape index (κ3) is 4.60. The van der Waals surface area contributed by atoms with Crippen LogP contribution in [-0.2, 0) is 16.0 Å². The minimum absolute atomic E-state index is 0.0478. The first-order valence-corrected chi connectivity index (χ1v) is 9.46. The zero-order valence-electron chi connectivity index (χ0n) is 15.1. The Bertz CT molecular complexity index is 621. The third-order valence-electron chi connectivity index (χ3n) is 5.16. The highest BCUT2D eigenvalue weighted by molar-refractivity contribution is 5.97. The van der Waals surface area contributed by atoms with Gasteiger partial charge in [-0.3, -0.25) is 9.59 Å². The van der Waals surface area contributed by atoms with Gasteiger partial charge in [-0.15, -0.1) is 0 Å². The van der Waals surface area contributed by atoms with E-state index < -0.39 is 0 Å². The van der Waals surface area contributed by atoms with Gasteiger partial charge in [0.25, 0.3) is 5.91 Å². The van der Waals surface area contributed by atoms with Crippen molar-refractivity contribution in [3.63, 3.8) is 0 Å². The Kier molecular flexibility index (Phi) is 6.08. The predicted molar refractivity (Wildman–Crippen MR) is 97.9 cm³/mol. The van der Waals surface area contributed by atoms with Gasteiger partial charge in [0.15, 0.2) is 0 Å². The monoisotopic (exact) mass is 344 g/mol. The molecule has 3 rings (SSSR count). The fourth-order valence-corrected chi connectivity index (χ4v) is 3.77. The first-order chi connectivity index (χ1) is 12.1. The summed E-state index contributed by atoms with van der Waals surface area (Å²) in [4.78, 5) is 25.7. The van der Waals surface area contributed by atoms with Crippen LogP contribution >= 0.6 is 0 Å². The summed E-state index contributed by atoms with van der Waals surface area (Å²) in [5.74, 6) is -0.0276. The van der Waals surface area contributed by atoms with E-state index in [9.17, 15) is 9.59 Å². The van der Waals surface area contributed by atoms with Gasteiger partial charge < -0.3 is 15.0 Å². The van der Waals surface area contributed by atoms with Crippen LogP contribution in [0, 0.1) is 0 Å². The van der Waals surface area contributed by atoms with Crippen molar-refractivity contribution in [2.24, 2.45) is 0 Å². The van der Waals surface area contributed by atoms with E-state index in [-0.39, 0.29) is 11.8 Å². The van der Waals surface area contributed by atoms with Crippen LogP contribution in [0.5, 0.6) is 0 Å². The number of amides is 2. The Morgan fingerprint density at radius 1 is 1.20 bits per heavy atom. The van der Waals surface area contributed by atoms with Crippen LogP contribution in [0.15, 0.2) is 18.2 Å². The highest BCUT2D eigenvalue weighted by Gasteiger charge is 2.23. The van der Waals surface area contributed by atoms with E-state index in [1.54, 1.807) is 17.9 Å². The molecule has 1 aromatic rings. The molecule has 25 heavy (non-hydrogen) atoms. The number of carbonyl (C=O) groups excluding carboxylic acids is 2. The summed E-state index contributed by atoms with van der Waals surface area (Å²) in [6.07, 6.45) is 8.59. The highest BCUT2D eigenvalue weighted by atomic mass is 16.5. The number of rotatable bonds is 5. The topological polar surface area (TPSA) is 58.6 Å². The van der Waals surface area contributed by atoms with Gasteiger partial charge >= 0.3 is 0 Å². The van der Waals surface area contributed by atoms with Crippen molar-refractivity contribution in [1.82, 2.24) is 5.32 Å².